The normalized spacial score (nSPS) is 12.2. The van der Waals surface area contributed by atoms with E-state index in [4.69, 9.17) is 14.2 Å². The minimum absolute atomic E-state index is 0.148. The van der Waals surface area contributed by atoms with Crippen LogP contribution in [0.15, 0.2) is 0 Å². The van der Waals surface area contributed by atoms with Crippen molar-refractivity contribution in [2.75, 3.05) is 19.8 Å². The van der Waals surface area contributed by atoms with Crippen LogP contribution < -0.4 is 4.74 Å². The van der Waals surface area contributed by atoms with E-state index < -0.39 is 0 Å². The van der Waals surface area contributed by atoms with E-state index in [1.54, 1.807) is 0 Å². The summed E-state index contributed by atoms with van der Waals surface area (Å²) in [5, 5.41) is 0. The number of nitrogens with zero attached hydrogens (tertiary/aromatic N) is 2. The number of aryl methyl sites for hydroxylation is 1. The summed E-state index contributed by atoms with van der Waals surface area (Å²) >= 11 is 0. The summed E-state index contributed by atoms with van der Waals surface area (Å²) in [4.78, 5) is 16.5. The van der Waals surface area contributed by atoms with E-state index in [0.29, 0.717) is 39.3 Å². The fourth-order valence-electron chi connectivity index (χ4n) is 2.93. The van der Waals surface area contributed by atoms with Gasteiger partial charge in [0.05, 0.1) is 18.9 Å². The maximum absolute atomic E-state index is 11.8. The predicted molar refractivity (Wildman–Crippen MR) is 97.9 cm³/mol. The van der Waals surface area contributed by atoms with Crippen LogP contribution in [0.2, 0.25) is 0 Å². The zero-order valence-corrected chi connectivity index (χ0v) is 16.5. The summed E-state index contributed by atoms with van der Waals surface area (Å²) in [5.41, 5.74) is 0.870. The van der Waals surface area contributed by atoms with E-state index >= 15 is 0 Å². The van der Waals surface area contributed by atoms with Crippen LogP contribution in [0, 0.1) is 6.92 Å². The lowest BCUT2D eigenvalue weighted by atomic mass is 10.0. The van der Waals surface area contributed by atoms with Gasteiger partial charge < -0.3 is 14.2 Å². The first-order valence-electron chi connectivity index (χ1n) is 9.52. The van der Waals surface area contributed by atoms with E-state index in [2.05, 4.69) is 16.5 Å². The molecule has 1 rings (SSSR count). The topological polar surface area (TPSA) is 62.6 Å². The molecule has 0 bridgehead atoms. The second-order valence-electron chi connectivity index (χ2n) is 6.00. The first-order chi connectivity index (χ1) is 12.1. The van der Waals surface area contributed by atoms with Crippen LogP contribution in [0.4, 0.5) is 0 Å². The highest BCUT2D eigenvalue weighted by Gasteiger charge is 2.23. The van der Waals surface area contributed by atoms with E-state index in [1.165, 1.54) is 0 Å². The quantitative estimate of drug-likeness (QED) is 0.497. The van der Waals surface area contributed by atoms with Gasteiger partial charge in [-0.1, -0.05) is 19.8 Å². The third-order valence-electron chi connectivity index (χ3n) is 4.06. The fourth-order valence-corrected chi connectivity index (χ4v) is 2.93. The van der Waals surface area contributed by atoms with Gasteiger partial charge in [0.25, 0.3) is 0 Å². The molecule has 6 heteroatoms. The Morgan fingerprint density at radius 1 is 1.12 bits per heavy atom. The van der Waals surface area contributed by atoms with Crippen LogP contribution in [0.3, 0.4) is 0 Å². The maximum atomic E-state index is 11.8. The van der Waals surface area contributed by atoms with E-state index in [1.807, 2.05) is 27.7 Å². The number of hydrogen-bond acceptors (Lipinski definition) is 5. The zero-order valence-electron chi connectivity index (χ0n) is 16.5. The number of ether oxygens (including phenoxy) is 3. The molecule has 1 aromatic heterocycles. The Morgan fingerprint density at radius 2 is 1.88 bits per heavy atom. The molecule has 1 aromatic rings. The lowest BCUT2D eigenvalue weighted by Gasteiger charge is -2.23. The predicted octanol–water partition coefficient (Wildman–Crippen LogP) is 4.20. The first kappa shape index (κ1) is 21.5. The Hall–Kier alpha value is -1.56. The highest BCUT2D eigenvalue weighted by atomic mass is 16.5. The number of esters is 1. The molecular weight excluding hydrogens is 320 g/mol. The highest BCUT2D eigenvalue weighted by molar-refractivity contribution is 5.69. The molecule has 0 aliphatic rings. The van der Waals surface area contributed by atoms with Crippen LogP contribution in [0.5, 0.6) is 5.88 Å². The lowest BCUT2D eigenvalue weighted by molar-refractivity contribution is -0.143. The Balaban J connectivity index is 3.08. The molecular formula is C19H34N2O4. The van der Waals surface area contributed by atoms with Crippen molar-refractivity contribution in [3.8, 4) is 5.88 Å². The van der Waals surface area contributed by atoms with Crippen molar-refractivity contribution < 1.29 is 19.0 Å². The molecule has 0 N–H and O–H groups in total. The van der Waals surface area contributed by atoms with Crippen molar-refractivity contribution in [3.63, 3.8) is 0 Å². The van der Waals surface area contributed by atoms with Gasteiger partial charge >= 0.3 is 5.97 Å². The van der Waals surface area contributed by atoms with Crippen molar-refractivity contribution in [2.24, 2.45) is 0 Å². The number of hydrogen-bond donors (Lipinski definition) is 0. The van der Waals surface area contributed by atoms with Crippen molar-refractivity contribution >= 4 is 5.97 Å². The molecule has 0 aliphatic heterocycles. The second kappa shape index (κ2) is 11.9. The number of rotatable bonds is 13. The SMILES string of the molecule is CCCCC(CCC(=O)OCC)n1c(COCC)nc(C)c1OCC. The Kier molecular flexibility index (Phi) is 10.2. The molecule has 0 spiro atoms. The molecule has 0 radical (unpaired) electrons. The molecule has 1 heterocycles. The number of carbonyl (C=O) groups excluding carboxylic acids is 1. The standard InChI is InChI=1S/C19H34N2O4/c1-6-10-11-16(12-13-18(22)24-8-3)21-17(14-23-7-2)20-15(5)19(21)25-9-4/h16H,6-14H2,1-5H3. The van der Waals surface area contributed by atoms with Gasteiger partial charge in [0.15, 0.2) is 0 Å². The first-order valence-corrected chi connectivity index (χ1v) is 9.52. The van der Waals surface area contributed by atoms with Gasteiger partial charge in [-0.3, -0.25) is 9.36 Å². The average molecular weight is 354 g/mol. The summed E-state index contributed by atoms with van der Waals surface area (Å²) < 4.78 is 18.7. The fraction of sp³-hybridized carbons (Fsp3) is 0.789. The molecule has 0 aromatic carbocycles. The minimum atomic E-state index is -0.148. The molecule has 0 saturated heterocycles. The number of imidazole rings is 1. The zero-order chi connectivity index (χ0) is 18.7. The molecule has 6 nitrogen and oxygen atoms in total. The van der Waals surface area contributed by atoms with Gasteiger partial charge in [-0.15, -0.1) is 0 Å². The van der Waals surface area contributed by atoms with Crippen LogP contribution in [0.1, 0.15) is 77.4 Å². The monoisotopic (exact) mass is 354 g/mol. The molecule has 144 valence electrons. The average Bonchev–Trinajstić information content (AvgIpc) is 2.90. The highest BCUT2D eigenvalue weighted by Crippen LogP contribution is 2.31. The van der Waals surface area contributed by atoms with Crippen molar-refractivity contribution in [3.05, 3.63) is 11.5 Å². The Morgan fingerprint density at radius 3 is 2.48 bits per heavy atom. The summed E-state index contributed by atoms with van der Waals surface area (Å²) in [5.74, 6) is 1.51. The molecule has 0 saturated carbocycles. The third kappa shape index (κ3) is 6.69. The van der Waals surface area contributed by atoms with Gasteiger partial charge in [-0.2, -0.15) is 0 Å². The molecule has 1 unspecified atom stereocenters. The minimum Gasteiger partial charge on any atom is -0.478 e. The largest absolute Gasteiger partial charge is 0.478 e. The maximum Gasteiger partial charge on any atom is 0.305 e. The molecule has 0 amide bonds. The summed E-state index contributed by atoms with van der Waals surface area (Å²) in [6, 6.07) is 0.155. The second-order valence-corrected chi connectivity index (χ2v) is 6.00. The molecule has 1 atom stereocenters. The molecule has 25 heavy (non-hydrogen) atoms. The number of carbonyl (C=O) groups is 1. The Labute approximate surface area is 151 Å². The third-order valence-corrected chi connectivity index (χ3v) is 4.06. The lowest BCUT2D eigenvalue weighted by Crippen LogP contribution is -2.17. The van der Waals surface area contributed by atoms with E-state index in [-0.39, 0.29) is 12.0 Å². The van der Waals surface area contributed by atoms with Gasteiger partial charge in [-0.05, 0) is 40.5 Å². The van der Waals surface area contributed by atoms with Gasteiger partial charge in [-0.25, -0.2) is 4.98 Å². The molecule has 0 fully saturated rings. The smallest absolute Gasteiger partial charge is 0.305 e. The Bertz CT molecular complexity index is 514. The van der Waals surface area contributed by atoms with Gasteiger partial charge in [0.2, 0.25) is 5.88 Å². The number of unbranched alkanes of at least 4 members (excludes halogenated alkanes) is 1. The van der Waals surface area contributed by atoms with E-state index in [9.17, 15) is 4.79 Å². The molecule has 0 aliphatic carbocycles. The number of aromatic nitrogens is 2. The van der Waals surface area contributed by atoms with Crippen molar-refractivity contribution in [1.29, 1.82) is 0 Å². The van der Waals surface area contributed by atoms with Crippen molar-refractivity contribution in [2.45, 2.75) is 79.4 Å². The van der Waals surface area contributed by atoms with Crippen LogP contribution in [-0.2, 0) is 20.9 Å². The van der Waals surface area contributed by atoms with E-state index in [0.717, 1.165) is 36.7 Å². The summed E-state index contributed by atoms with van der Waals surface area (Å²) in [6.45, 7) is 12.0. The van der Waals surface area contributed by atoms with Gasteiger partial charge in [0, 0.05) is 19.1 Å². The van der Waals surface area contributed by atoms with Crippen LogP contribution in [-0.4, -0.2) is 35.3 Å². The van der Waals surface area contributed by atoms with Crippen LogP contribution in [0.25, 0.3) is 0 Å². The van der Waals surface area contributed by atoms with Crippen molar-refractivity contribution in [1.82, 2.24) is 9.55 Å². The summed E-state index contributed by atoms with van der Waals surface area (Å²) in [7, 11) is 0. The van der Waals surface area contributed by atoms with Crippen LogP contribution >= 0.6 is 0 Å². The summed E-state index contributed by atoms with van der Waals surface area (Å²) in [6.07, 6.45) is 4.29. The van der Waals surface area contributed by atoms with Gasteiger partial charge in [0.1, 0.15) is 12.4 Å².